The van der Waals surface area contributed by atoms with E-state index < -0.39 is 0 Å². The summed E-state index contributed by atoms with van der Waals surface area (Å²) in [6.07, 6.45) is -0.112. The monoisotopic (exact) mass is 424 g/mol. The highest BCUT2D eigenvalue weighted by molar-refractivity contribution is 9.10. The Morgan fingerprint density at radius 1 is 1.14 bits per heavy atom. The van der Waals surface area contributed by atoms with Crippen LogP contribution in [0.2, 0.25) is 0 Å². The second-order valence-corrected chi connectivity index (χ2v) is 7.96. The first-order valence-electron chi connectivity index (χ1n) is 7.23. The van der Waals surface area contributed by atoms with Gasteiger partial charge >= 0.3 is 0 Å². The van der Waals surface area contributed by atoms with Gasteiger partial charge in [-0.05, 0) is 60.5 Å². The Bertz CT molecular complexity index is 697. The molecule has 1 aliphatic rings. The largest absolute Gasteiger partial charge is 0.486 e. The molecule has 0 saturated carbocycles. The van der Waals surface area contributed by atoms with Crippen molar-refractivity contribution in [1.82, 2.24) is 0 Å². The summed E-state index contributed by atoms with van der Waals surface area (Å²) in [6, 6.07) is 14.2. The van der Waals surface area contributed by atoms with Gasteiger partial charge in [-0.3, -0.25) is 0 Å². The van der Waals surface area contributed by atoms with E-state index in [1.807, 2.05) is 24.3 Å². The van der Waals surface area contributed by atoms with Gasteiger partial charge in [0.05, 0.1) is 9.30 Å². The van der Waals surface area contributed by atoms with Gasteiger partial charge in [0.25, 0.3) is 0 Å². The molecular weight excluding hydrogens is 408 g/mol. The van der Waals surface area contributed by atoms with Gasteiger partial charge in [0.2, 0.25) is 0 Å². The van der Waals surface area contributed by atoms with Gasteiger partial charge in [0, 0.05) is 5.56 Å². The molecule has 0 amide bonds. The molecule has 1 heterocycles. The third-order valence-corrected chi connectivity index (χ3v) is 6.07. The van der Waals surface area contributed by atoms with Gasteiger partial charge < -0.3 is 9.47 Å². The number of halogens is 2. The van der Waals surface area contributed by atoms with Gasteiger partial charge in [-0.25, -0.2) is 0 Å². The lowest BCUT2D eigenvalue weighted by Gasteiger charge is -2.42. The molecule has 0 bridgehead atoms. The number of para-hydroxylation sites is 1. The van der Waals surface area contributed by atoms with Crippen molar-refractivity contribution in [2.45, 2.75) is 37.3 Å². The van der Waals surface area contributed by atoms with Crippen molar-refractivity contribution in [3.63, 3.8) is 0 Å². The highest BCUT2D eigenvalue weighted by atomic mass is 79.9. The second-order valence-electron chi connectivity index (χ2n) is 6.12. The number of fused-ring (bicyclic) bond motifs is 1. The Balaban J connectivity index is 2.01. The third-order valence-electron chi connectivity index (χ3n) is 3.87. The van der Waals surface area contributed by atoms with Crippen LogP contribution in [0.1, 0.15) is 31.1 Å². The lowest BCUT2D eigenvalue weighted by atomic mass is 9.91. The molecule has 0 aliphatic carbocycles. The average molecular weight is 426 g/mol. The molecule has 4 heteroatoms. The number of hydrogen-bond acceptors (Lipinski definition) is 2. The number of ether oxygens (including phenoxy) is 2. The molecule has 0 radical (unpaired) electrons. The molecule has 116 valence electrons. The third kappa shape index (κ3) is 2.91. The molecule has 0 N–H and O–H groups in total. The molecular formula is C18H18Br2O2. The van der Waals surface area contributed by atoms with Crippen LogP contribution >= 0.6 is 31.9 Å². The van der Waals surface area contributed by atoms with Crippen LogP contribution in [0.5, 0.6) is 11.5 Å². The van der Waals surface area contributed by atoms with E-state index in [9.17, 15) is 0 Å². The van der Waals surface area contributed by atoms with Crippen molar-refractivity contribution in [2.75, 3.05) is 0 Å². The van der Waals surface area contributed by atoms with Crippen molar-refractivity contribution >= 4 is 31.9 Å². The first-order valence-corrected chi connectivity index (χ1v) is 8.94. The fourth-order valence-electron chi connectivity index (χ4n) is 2.63. The molecule has 0 saturated heterocycles. The highest BCUT2D eigenvalue weighted by Gasteiger charge is 2.43. The summed E-state index contributed by atoms with van der Waals surface area (Å²) in [6.45, 7) is 6.21. The van der Waals surface area contributed by atoms with Crippen LogP contribution in [-0.4, -0.2) is 10.4 Å². The van der Waals surface area contributed by atoms with E-state index in [0.717, 1.165) is 21.5 Å². The van der Waals surface area contributed by atoms with Gasteiger partial charge in [-0.15, -0.1) is 0 Å². The van der Waals surface area contributed by atoms with Crippen molar-refractivity contribution in [2.24, 2.45) is 0 Å². The van der Waals surface area contributed by atoms with Crippen LogP contribution in [0, 0.1) is 6.92 Å². The smallest absolute Gasteiger partial charge is 0.144 e. The molecule has 0 spiro atoms. The van der Waals surface area contributed by atoms with Crippen molar-refractivity contribution in [3.05, 3.63) is 58.1 Å². The zero-order valence-corrected chi connectivity index (χ0v) is 15.9. The zero-order chi connectivity index (χ0) is 15.9. The molecule has 3 rings (SSSR count). The predicted octanol–water partition coefficient (Wildman–Crippen LogP) is 5.81. The van der Waals surface area contributed by atoms with Crippen molar-refractivity contribution < 1.29 is 9.47 Å². The lowest BCUT2D eigenvalue weighted by Crippen LogP contribution is -2.46. The first-order chi connectivity index (χ1) is 10.4. The quantitative estimate of drug-likeness (QED) is 0.565. The number of alkyl halides is 1. The highest BCUT2D eigenvalue weighted by Crippen LogP contribution is 2.46. The van der Waals surface area contributed by atoms with Crippen LogP contribution < -0.4 is 9.47 Å². The fourth-order valence-corrected chi connectivity index (χ4v) is 3.70. The Hall–Kier alpha value is -1.000. The van der Waals surface area contributed by atoms with E-state index >= 15 is 0 Å². The Morgan fingerprint density at radius 2 is 1.86 bits per heavy atom. The predicted molar refractivity (Wildman–Crippen MR) is 96.1 cm³/mol. The summed E-state index contributed by atoms with van der Waals surface area (Å²) in [5, 5.41) is 0. The van der Waals surface area contributed by atoms with Crippen LogP contribution in [0.15, 0.2) is 46.9 Å². The SMILES string of the molecule is Cc1ccc(O[C@@H]2c3ccccc3OC(C)(C)[C@H]2Br)c(Br)c1. The van der Waals surface area contributed by atoms with Crippen molar-refractivity contribution in [3.8, 4) is 11.5 Å². The van der Waals surface area contributed by atoms with Crippen LogP contribution in [0.25, 0.3) is 0 Å². The maximum Gasteiger partial charge on any atom is 0.144 e. The molecule has 0 fully saturated rings. The Kier molecular flexibility index (Phi) is 4.25. The lowest BCUT2D eigenvalue weighted by molar-refractivity contribution is 0.0326. The van der Waals surface area contributed by atoms with E-state index in [2.05, 4.69) is 70.8 Å². The molecule has 0 unspecified atom stereocenters. The van der Waals surface area contributed by atoms with Crippen LogP contribution in [0.3, 0.4) is 0 Å². The summed E-state index contributed by atoms with van der Waals surface area (Å²) >= 11 is 7.37. The van der Waals surface area contributed by atoms with E-state index in [-0.39, 0.29) is 16.5 Å². The summed E-state index contributed by atoms with van der Waals surface area (Å²) in [7, 11) is 0. The molecule has 1 aliphatic heterocycles. The molecule has 22 heavy (non-hydrogen) atoms. The summed E-state index contributed by atoms with van der Waals surface area (Å²) in [5.41, 5.74) is 1.91. The maximum atomic E-state index is 6.34. The molecule has 2 aromatic rings. The van der Waals surface area contributed by atoms with E-state index in [1.165, 1.54) is 5.56 Å². The first kappa shape index (κ1) is 15.9. The topological polar surface area (TPSA) is 18.5 Å². The Morgan fingerprint density at radius 3 is 2.59 bits per heavy atom. The van der Waals surface area contributed by atoms with E-state index in [4.69, 9.17) is 9.47 Å². The molecule has 2 aromatic carbocycles. The maximum absolute atomic E-state index is 6.34. The zero-order valence-electron chi connectivity index (χ0n) is 12.8. The normalized spacial score (nSPS) is 22.6. The van der Waals surface area contributed by atoms with Gasteiger partial charge in [0.1, 0.15) is 23.2 Å². The number of hydrogen-bond donors (Lipinski definition) is 0. The number of aryl methyl sites for hydroxylation is 1. The molecule has 2 nitrogen and oxygen atoms in total. The number of rotatable bonds is 2. The molecule has 0 aromatic heterocycles. The van der Waals surface area contributed by atoms with Crippen LogP contribution in [0.4, 0.5) is 0 Å². The van der Waals surface area contributed by atoms with Crippen LogP contribution in [-0.2, 0) is 0 Å². The van der Waals surface area contributed by atoms with Gasteiger partial charge in [0.15, 0.2) is 0 Å². The minimum atomic E-state index is -0.351. The standard InChI is InChI=1S/C18H18Br2O2/c1-11-8-9-15(13(19)10-11)21-16-12-6-4-5-7-14(12)22-18(2,3)17(16)20/h4-10,16-17H,1-3H3/t16-,17+/m1/s1. The van der Waals surface area contributed by atoms with Gasteiger partial charge in [-0.1, -0.05) is 40.2 Å². The van der Waals surface area contributed by atoms with E-state index in [1.54, 1.807) is 0 Å². The average Bonchev–Trinajstić information content (AvgIpc) is 2.45. The number of benzene rings is 2. The Labute approximate surface area is 148 Å². The summed E-state index contributed by atoms with van der Waals surface area (Å²) in [5.74, 6) is 1.73. The summed E-state index contributed by atoms with van der Waals surface area (Å²) < 4.78 is 13.4. The minimum absolute atomic E-state index is 0.0445. The second kappa shape index (κ2) is 5.89. The minimum Gasteiger partial charge on any atom is -0.486 e. The van der Waals surface area contributed by atoms with E-state index in [0.29, 0.717) is 0 Å². The summed E-state index contributed by atoms with van der Waals surface area (Å²) in [4.78, 5) is 0.0445. The molecule has 2 atom stereocenters. The van der Waals surface area contributed by atoms with Crippen molar-refractivity contribution in [1.29, 1.82) is 0 Å². The van der Waals surface area contributed by atoms with Gasteiger partial charge in [-0.2, -0.15) is 0 Å². The fraction of sp³-hybridized carbons (Fsp3) is 0.333.